The lowest BCUT2D eigenvalue weighted by Crippen LogP contribution is -2.64. The highest BCUT2D eigenvalue weighted by Gasteiger charge is 2.55. The van der Waals surface area contributed by atoms with Crippen molar-refractivity contribution in [3.63, 3.8) is 0 Å². The monoisotopic (exact) mass is 290 g/mol. The zero-order valence-corrected chi connectivity index (χ0v) is 12.4. The van der Waals surface area contributed by atoms with Gasteiger partial charge >= 0.3 is 0 Å². The molecule has 5 heteroatoms. The Morgan fingerprint density at radius 1 is 1.33 bits per heavy atom. The molecule has 0 amide bonds. The molecule has 1 spiro atoms. The summed E-state index contributed by atoms with van der Waals surface area (Å²) < 4.78 is 6.18. The lowest BCUT2D eigenvalue weighted by molar-refractivity contribution is -0.384. The molecule has 5 nitrogen and oxygen atoms in total. The zero-order chi connectivity index (χ0) is 15.0. The molecule has 0 bridgehead atoms. The van der Waals surface area contributed by atoms with Gasteiger partial charge < -0.3 is 10.5 Å². The van der Waals surface area contributed by atoms with Gasteiger partial charge in [-0.2, -0.15) is 0 Å². The molecule has 2 aliphatic carbocycles. The Kier molecular flexibility index (Phi) is 3.61. The van der Waals surface area contributed by atoms with Crippen LogP contribution in [0.15, 0.2) is 18.2 Å². The first kappa shape index (κ1) is 14.3. The van der Waals surface area contributed by atoms with Crippen LogP contribution >= 0.6 is 0 Å². The van der Waals surface area contributed by atoms with Gasteiger partial charge in [-0.1, -0.05) is 19.3 Å². The van der Waals surface area contributed by atoms with E-state index in [1.54, 1.807) is 12.1 Å². The summed E-state index contributed by atoms with van der Waals surface area (Å²) in [5, 5.41) is 10.8. The van der Waals surface area contributed by atoms with E-state index in [1.165, 1.54) is 25.3 Å². The highest BCUT2D eigenvalue weighted by Crippen LogP contribution is 2.52. The van der Waals surface area contributed by atoms with Crippen LogP contribution in [0.4, 0.5) is 5.69 Å². The molecule has 2 atom stereocenters. The Morgan fingerprint density at radius 2 is 2.05 bits per heavy atom. The predicted molar refractivity (Wildman–Crippen MR) is 80.4 cm³/mol. The molecule has 2 saturated carbocycles. The van der Waals surface area contributed by atoms with Gasteiger partial charge in [0.1, 0.15) is 11.9 Å². The van der Waals surface area contributed by atoms with Crippen molar-refractivity contribution in [3.05, 3.63) is 33.9 Å². The number of ether oxygens (including phenoxy) is 1. The SMILES string of the molecule is Cc1cc([N+](=O)[O-])ccc1OC1CC(N)C12CCCCC2. The molecule has 2 unspecified atom stereocenters. The second kappa shape index (κ2) is 5.30. The minimum Gasteiger partial charge on any atom is -0.489 e. The Hall–Kier alpha value is -1.62. The van der Waals surface area contributed by atoms with Crippen LogP contribution in [0.1, 0.15) is 44.1 Å². The van der Waals surface area contributed by atoms with E-state index >= 15 is 0 Å². The summed E-state index contributed by atoms with van der Waals surface area (Å²) in [5.74, 6) is 0.752. The van der Waals surface area contributed by atoms with Crippen molar-refractivity contribution in [2.45, 2.75) is 57.6 Å². The molecule has 2 aliphatic rings. The second-order valence-electron chi connectivity index (χ2n) is 6.45. The van der Waals surface area contributed by atoms with Crippen LogP contribution in [-0.4, -0.2) is 17.1 Å². The number of nitrogens with zero attached hydrogens (tertiary/aromatic N) is 1. The average molecular weight is 290 g/mol. The Balaban J connectivity index is 1.76. The van der Waals surface area contributed by atoms with Crippen molar-refractivity contribution in [2.75, 3.05) is 0 Å². The van der Waals surface area contributed by atoms with E-state index in [0.29, 0.717) is 0 Å². The number of hydrogen-bond acceptors (Lipinski definition) is 4. The van der Waals surface area contributed by atoms with Gasteiger partial charge in [0.15, 0.2) is 0 Å². The minimum absolute atomic E-state index is 0.109. The summed E-state index contributed by atoms with van der Waals surface area (Å²) >= 11 is 0. The smallest absolute Gasteiger partial charge is 0.269 e. The van der Waals surface area contributed by atoms with E-state index in [-0.39, 0.29) is 28.2 Å². The molecule has 2 N–H and O–H groups in total. The van der Waals surface area contributed by atoms with Crippen LogP contribution in [0, 0.1) is 22.5 Å². The highest BCUT2D eigenvalue weighted by atomic mass is 16.6. The van der Waals surface area contributed by atoms with Gasteiger partial charge in [-0.3, -0.25) is 10.1 Å². The lowest BCUT2D eigenvalue weighted by atomic mass is 9.55. The summed E-state index contributed by atoms with van der Waals surface area (Å²) in [5.41, 5.74) is 7.32. The number of rotatable bonds is 3. The summed E-state index contributed by atoms with van der Waals surface area (Å²) in [6.45, 7) is 1.86. The first-order valence-corrected chi connectivity index (χ1v) is 7.70. The van der Waals surface area contributed by atoms with Gasteiger partial charge in [0.2, 0.25) is 0 Å². The predicted octanol–water partition coefficient (Wildman–Crippen LogP) is 3.33. The molecule has 114 valence electrons. The largest absolute Gasteiger partial charge is 0.489 e. The fourth-order valence-corrected chi connectivity index (χ4v) is 3.88. The molecule has 0 radical (unpaired) electrons. The van der Waals surface area contributed by atoms with E-state index in [9.17, 15) is 10.1 Å². The summed E-state index contributed by atoms with van der Waals surface area (Å²) in [6, 6.07) is 5.03. The van der Waals surface area contributed by atoms with Crippen molar-refractivity contribution in [3.8, 4) is 5.75 Å². The van der Waals surface area contributed by atoms with Gasteiger partial charge in [-0.15, -0.1) is 0 Å². The number of nitro benzene ring substituents is 1. The Labute approximate surface area is 124 Å². The van der Waals surface area contributed by atoms with Crippen molar-refractivity contribution in [1.82, 2.24) is 0 Å². The topological polar surface area (TPSA) is 78.4 Å². The number of benzene rings is 1. The quantitative estimate of drug-likeness (QED) is 0.684. The normalized spacial score (nSPS) is 27.1. The van der Waals surface area contributed by atoms with Gasteiger partial charge in [0.25, 0.3) is 5.69 Å². The number of nitrogens with two attached hydrogens (primary N) is 1. The van der Waals surface area contributed by atoms with Crippen molar-refractivity contribution >= 4 is 5.69 Å². The van der Waals surface area contributed by atoms with Crippen LogP contribution in [0.2, 0.25) is 0 Å². The van der Waals surface area contributed by atoms with E-state index in [1.807, 2.05) is 6.92 Å². The minimum atomic E-state index is -0.376. The number of non-ortho nitro benzene ring substituents is 1. The fourth-order valence-electron chi connectivity index (χ4n) is 3.88. The van der Waals surface area contributed by atoms with E-state index in [0.717, 1.165) is 30.6 Å². The molecular weight excluding hydrogens is 268 g/mol. The number of aryl methyl sites for hydroxylation is 1. The summed E-state index contributed by atoms with van der Waals surface area (Å²) in [6.07, 6.45) is 7.08. The van der Waals surface area contributed by atoms with Crippen LogP contribution in [0.5, 0.6) is 5.75 Å². The van der Waals surface area contributed by atoms with E-state index in [4.69, 9.17) is 10.5 Å². The van der Waals surface area contributed by atoms with E-state index in [2.05, 4.69) is 0 Å². The first-order chi connectivity index (χ1) is 10.0. The third-order valence-electron chi connectivity index (χ3n) is 5.27. The number of hydrogen-bond donors (Lipinski definition) is 1. The fraction of sp³-hybridized carbons (Fsp3) is 0.625. The molecule has 0 saturated heterocycles. The van der Waals surface area contributed by atoms with Gasteiger partial charge in [-0.05, 0) is 31.4 Å². The summed E-state index contributed by atoms with van der Waals surface area (Å²) in [4.78, 5) is 10.4. The molecule has 1 aromatic carbocycles. The highest BCUT2D eigenvalue weighted by molar-refractivity contribution is 5.43. The van der Waals surface area contributed by atoms with Crippen molar-refractivity contribution < 1.29 is 9.66 Å². The van der Waals surface area contributed by atoms with Crippen LogP contribution < -0.4 is 10.5 Å². The third kappa shape index (κ3) is 2.39. The van der Waals surface area contributed by atoms with Gasteiger partial charge in [-0.25, -0.2) is 0 Å². The molecule has 0 heterocycles. The Morgan fingerprint density at radius 3 is 2.62 bits per heavy atom. The number of nitro groups is 1. The molecule has 3 rings (SSSR count). The zero-order valence-electron chi connectivity index (χ0n) is 12.4. The molecule has 0 aliphatic heterocycles. The molecule has 1 aromatic rings. The van der Waals surface area contributed by atoms with Gasteiger partial charge in [0.05, 0.1) is 4.92 Å². The lowest BCUT2D eigenvalue weighted by Gasteiger charge is -2.56. The second-order valence-corrected chi connectivity index (χ2v) is 6.45. The van der Waals surface area contributed by atoms with Crippen LogP contribution in [-0.2, 0) is 0 Å². The maximum atomic E-state index is 10.8. The first-order valence-electron chi connectivity index (χ1n) is 7.70. The molecule has 21 heavy (non-hydrogen) atoms. The molecule has 0 aromatic heterocycles. The Bertz CT molecular complexity index is 552. The standard InChI is InChI=1S/C16H22N2O3/c1-11-9-12(18(19)20)5-6-13(11)21-15-10-14(17)16(15)7-3-2-4-8-16/h5-6,9,14-15H,2-4,7-8,10,17H2,1H3. The van der Waals surface area contributed by atoms with Gasteiger partial charge in [0, 0.05) is 30.0 Å². The molecule has 2 fully saturated rings. The maximum Gasteiger partial charge on any atom is 0.269 e. The summed E-state index contributed by atoms with van der Waals surface area (Å²) in [7, 11) is 0. The van der Waals surface area contributed by atoms with Crippen LogP contribution in [0.25, 0.3) is 0 Å². The van der Waals surface area contributed by atoms with Crippen LogP contribution in [0.3, 0.4) is 0 Å². The molecular formula is C16H22N2O3. The average Bonchev–Trinajstić information content (AvgIpc) is 2.49. The van der Waals surface area contributed by atoms with Crippen molar-refractivity contribution in [1.29, 1.82) is 0 Å². The van der Waals surface area contributed by atoms with Crippen molar-refractivity contribution in [2.24, 2.45) is 11.1 Å². The maximum absolute atomic E-state index is 10.8. The van der Waals surface area contributed by atoms with E-state index < -0.39 is 0 Å². The third-order valence-corrected chi connectivity index (χ3v) is 5.27.